The predicted molar refractivity (Wildman–Crippen MR) is 50.3 cm³/mol. The molecule has 0 saturated carbocycles. The van der Waals surface area contributed by atoms with Crippen molar-refractivity contribution < 1.29 is 0 Å². The Hall–Kier alpha value is -0.500. The zero-order valence-electron chi connectivity index (χ0n) is 6.79. The topological polar surface area (TPSA) is 3.24 Å². The molecule has 2 rings (SSSR count). The summed E-state index contributed by atoms with van der Waals surface area (Å²) in [7, 11) is 0. The van der Waals surface area contributed by atoms with Crippen LogP contribution in [0.1, 0.15) is 13.3 Å². The van der Waals surface area contributed by atoms with Gasteiger partial charge in [-0.3, -0.25) is 0 Å². The Bertz CT molecular complexity index is 217. The Labute approximate surface area is 71.7 Å². The molecule has 0 amide bonds. The minimum Gasteiger partial charge on any atom is -0.371 e. The van der Waals surface area contributed by atoms with Crippen molar-refractivity contribution in [3.05, 3.63) is 16.8 Å². The summed E-state index contributed by atoms with van der Waals surface area (Å²) in [4.78, 5) is 2.47. The van der Waals surface area contributed by atoms with Gasteiger partial charge in [-0.15, -0.1) is 0 Å². The van der Waals surface area contributed by atoms with Crippen molar-refractivity contribution >= 4 is 17.0 Å². The van der Waals surface area contributed by atoms with E-state index in [9.17, 15) is 0 Å². The lowest BCUT2D eigenvalue weighted by Crippen LogP contribution is -2.17. The monoisotopic (exact) mass is 167 g/mol. The van der Waals surface area contributed by atoms with Gasteiger partial charge >= 0.3 is 0 Å². The Morgan fingerprint density at radius 3 is 3.09 bits per heavy atom. The number of thiophene rings is 1. The van der Waals surface area contributed by atoms with Crippen LogP contribution in [-0.2, 0) is 0 Å². The van der Waals surface area contributed by atoms with Gasteiger partial charge in [0.05, 0.1) is 0 Å². The summed E-state index contributed by atoms with van der Waals surface area (Å²) < 4.78 is 0. The maximum absolute atomic E-state index is 2.47. The van der Waals surface area contributed by atoms with Crippen LogP contribution in [0.4, 0.5) is 5.69 Å². The van der Waals surface area contributed by atoms with Gasteiger partial charge in [-0.1, -0.05) is 6.92 Å². The summed E-state index contributed by atoms with van der Waals surface area (Å²) in [5.74, 6) is 0.884. The highest BCUT2D eigenvalue weighted by atomic mass is 32.1. The summed E-state index contributed by atoms with van der Waals surface area (Å²) >= 11 is 1.79. The molecule has 0 spiro atoms. The van der Waals surface area contributed by atoms with Crippen LogP contribution in [0.3, 0.4) is 0 Å². The van der Waals surface area contributed by atoms with Crippen LogP contribution in [0.2, 0.25) is 0 Å². The van der Waals surface area contributed by atoms with Gasteiger partial charge in [0.1, 0.15) is 0 Å². The average Bonchev–Trinajstić information content (AvgIpc) is 2.55. The van der Waals surface area contributed by atoms with E-state index in [0.29, 0.717) is 0 Å². The number of anilines is 1. The first-order valence-electron chi connectivity index (χ1n) is 4.13. The van der Waals surface area contributed by atoms with Crippen LogP contribution in [0.5, 0.6) is 0 Å². The van der Waals surface area contributed by atoms with Crippen LogP contribution in [0, 0.1) is 5.92 Å². The zero-order chi connectivity index (χ0) is 7.68. The van der Waals surface area contributed by atoms with Crippen molar-refractivity contribution in [1.29, 1.82) is 0 Å². The second-order valence-corrected chi connectivity index (χ2v) is 4.10. The van der Waals surface area contributed by atoms with E-state index in [-0.39, 0.29) is 0 Å². The molecule has 1 fully saturated rings. The van der Waals surface area contributed by atoms with E-state index in [0.717, 1.165) is 5.92 Å². The lowest BCUT2D eigenvalue weighted by Gasteiger charge is -2.15. The maximum atomic E-state index is 2.47. The molecular formula is C9H13NS. The number of rotatable bonds is 1. The molecule has 1 aromatic heterocycles. The molecule has 1 aliphatic rings. The van der Waals surface area contributed by atoms with Crippen molar-refractivity contribution in [2.75, 3.05) is 18.0 Å². The van der Waals surface area contributed by atoms with E-state index < -0.39 is 0 Å². The van der Waals surface area contributed by atoms with Gasteiger partial charge in [0.15, 0.2) is 0 Å². The van der Waals surface area contributed by atoms with E-state index >= 15 is 0 Å². The molecule has 60 valence electrons. The van der Waals surface area contributed by atoms with Crippen LogP contribution in [0.25, 0.3) is 0 Å². The molecule has 0 bridgehead atoms. The molecule has 1 saturated heterocycles. The van der Waals surface area contributed by atoms with Crippen molar-refractivity contribution in [2.45, 2.75) is 13.3 Å². The quantitative estimate of drug-likeness (QED) is 0.621. The number of hydrogen-bond acceptors (Lipinski definition) is 2. The molecule has 1 atom stereocenters. The second kappa shape index (κ2) is 2.86. The minimum atomic E-state index is 0.884. The normalized spacial score (nSPS) is 24.5. The molecule has 11 heavy (non-hydrogen) atoms. The van der Waals surface area contributed by atoms with Crippen LogP contribution < -0.4 is 4.90 Å². The highest BCUT2D eigenvalue weighted by molar-refractivity contribution is 7.08. The van der Waals surface area contributed by atoms with Gasteiger partial charge in [0.25, 0.3) is 0 Å². The SMILES string of the molecule is C[C@@H]1CCN(c2ccsc2)C1. The fourth-order valence-electron chi connectivity index (χ4n) is 1.61. The predicted octanol–water partition coefficient (Wildman–Crippen LogP) is 2.59. The van der Waals surface area contributed by atoms with Gasteiger partial charge in [-0.2, -0.15) is 11.3 Å². The third-order valence-electron chi connectivity index (χ3n) is 2.30. The van der Waals surface area contributed by atoms with E-state index in [1.165, 1.54) is 25.2 Å². The molecular weight excluding hydrogens is 154 g/mol. The van der Waals surface area contributed by atoms with Crippen molar-refractivity contribution in [3.8, 4) is 0 Å². The summed E-state index contributed by atoms with van der Waals surface area (Å²) in [5.41, 5.74) is 1.42. The largest absolute Gasteiger partial charge is 0.371 e. The molecule has 0 unspecified atom stereocenters. The highest BCUT2D eigenvalue weighted by Crippen LogP contribution is 2.24. The fraction of sp³-hybridized carbons (Fsp3) is 0.556. The second-order valence-electron chi connectivity index (χ2n) is 3.32. The van der Waals surface area contributed by atoms with Crippen molar-refractivity contribution in [1.82, 2.24) is 0 Å². The van der Waals surface area contributed by atoms with E-state index in [2.05, 4.69) is 28.7 Å². The maximum Gasteiger partial charge on any atom is 0.0474 e. The van der Waals surface area contributed by atoms with Crippen LogP contribution in [0.15, 0.2) is 16.8 Å². The molecule has 2 heterocycles. The summed E-state index contributed by atoms with van der Waals surface area (Å²) in [6.45, 7) is 4.82. The molecule has 1 nitrogen and oxygen atoms in total. The fourth-order valence-corrected chi connectivity index (χ4v) is 2.27. The lowest BCUT2D eigenvalue weighted by molar-refractivity contribution is 0.659. The van der Waals surface area contributed by atoms with Gasteiger partial charge < -0.3 is 4.90 Å². The Balaban J connectivity index is 2.08. The van der Waals surface area contributed by atoms with Crippen molar-refractivity contribution in [2.24, 2.45) is 5.92 Å². The van der Waals surface area contributed by atoms with E-state index in [1.54, 1.807) is 11.3 Å². The zero-order valence-corrected chi connectivity index (χ0v) is 7.60. The number of hydrogen-bond donors (Lipinski definition) is 0. The molecule has 1 aliphatic heterocycles. The Kier molecular flexibility index (Phi) is 1.86. The number of nitrogens with zero attached hydrogens (tertiary/aromatic N) is 1. The first kappa shape index (κ1) is 7.17. The molecule has 1 aromatic rings. The smallest absolute Gasteiger partial charge is 0.0474 e. The van der Waals surface area contributed by atoms with Gasteiger partial charge in [-0.05, 0) is 23.8 Å². The first-order chi connectivity index (χ1) is 5.36. The summed E-state index contributed by atoms with van der Waals surface area (Å²) in [5, 5.41) is 4.39. The van der Waals surface area contributed by atoms with Gasteiger partial charge in [0, 0.05) is 24.2 Å². The third-order valence-corrected chi connectivity index (χ3v) is 2.97. The lowest BCUT2D eigenvalue weighted by atomic mass is 10.2. The van der Waals surface area contributed by atoms with Crippen LogP contribution >= 0.6 is 11.3 Å². The molecule has 0 radical (unpaired) electrons. The average molecular weight is 167 g/mol. The summed E-state index contributed by atoms with van der Waals surface area (Å²) in [6.07, 6.45) is 1.36. The first-order valence-corrected chi connectivity index (χ1v) is 5.07. The highest BCUT2D eigenvalue weighted by Gasteiger charge is 2.18. The third kappa shape index (κ3) is 1.41. The summed E-state index contributed by atoms with van der Waals surface area (Å²) in [6, 6.07) is 2.21. The molecule has 0 aromatic carbocycles. The minimum absolute atomic E-state index is 0.884. The van der Waals surface area contributed by atoms with E-state index in [4.69, 9.17) is 0 Å². The van der Waals surface area contributed by atoms with Crippen LogP contribution in [-0.4, -0.2) is 13.1 Å². The van der Waals surface area contributed by atoms with E-state index in [1.807, 2.05) is 0 Å². The standard InChI is InChI=1S/C9H13NS/c1-8-2-4-10(6-8)9-3-5-11-7-9/h3,5,7-8H,2,4,6H2,1H3/t8-/m1/s1. The van der Waals surface area contributed by atoms with Crippen molar-refractivity contribution in [3.63, 3.8) is 0 Å². The Morgan fingerprint density at radius 1 is 1.64 bits per heavy atom. The Morgan fingerprint density at radius 2 is 2.55 bits per heavy atom. The molecule has 2 heteroatoms. The molecule has 0 aliphatic carbocycles. The molecule has 0 N–H and O–H groups in total. The van der Waals surface area contributed by atoms with Gasteiger partial charge in [0.2, 0.25) is 0 Å². The van der Waals surface area contributed by atoms with Gasteiger partial charge in [-0.25, -0.2) is 0 Å².